The summed E-state index contributed by atoms with van der Waals surface area (Å²) in [5.41, 5.74) is 1.20. The molecule has 4 heteroatoms. The standard InChI is InChI=1S/C21H30N2O2/c24-20(14-13-17-9-3-1-4-10-17)23-16-8-2-7-15-22-21(25)18-11-5-6-12-19(18)23/h1,3-4,9-10,18-19H,2,5-8,11-16H2,(H,22,25). The van der Waals surface area contributed by atoms with Crippen molar-refractivity contribution in [3.05, 3.63) is 35.9 Å². The summed E-state index contributed by atoms with van der Waals surface area (Å²) < 4.78 is 0. The van der Waals surface area contributed by atoms with Gasteiger partial charge in [0.2, 0.25) is 11.8 Å². The summed E-state index contributed by atoms with van der Waals surface area (Å²) in [6.07, 6.45) is 8.53. The highest BCUT2D eigenvalue weighted by molar-refractivity contribution is 5.82. The molecule has 2 unspecified atom stereocenters. The number of nitrogens with zero attached hydrogens (tertiary/aromatic N) is 1. The Morgan fingerprint density at radius 1 is 1.04 bits per heavy atom. The van der Waals surface area contributed by atoms with Crippen molar-refractivity contribution in [2.45, 2.75) is 63.8 Å². The number of amides is 2. The molecule has 0 aromatic heterocycles. The van der Waals surface area contributed by atoms with Crippen molar-refractivity contribution in [1.29, 1.82) is 0 Å². The molecule has 1 aliphatic carbocycles. The fourth-order valence-electron chi connectivity index (χ4n) is 4.23. The molecule has 3 rings (SSSR count). The summed E-state index contributed by atoms with van der Waals surface area (Å²) in [5, 5.41) is 3.09. The zero-order valence-electron chi connectivity index (χ0n) is 15.1. The second-order valence-electron chi connectivity index (χ2n) is 7.38. The van der Waals surface area contributed by atoms with E-state index in [0.29, 0.717) is 6.42 Å². The SMILES string of the molecule is O=C1NCCCCCN(C(=O)CCc2ccccc2)C2CCCCC12. The maximum Gasteiger partial charge on any atom is 0.225 e. The van der Waals surface area contributed by atoms with Gasteiger partial charge in [-0.1, -0.05) is 43.2 Å². The Bertz CT molecular complexity index is 573. The lowest BCUT2D eigenvalue weighted by Crippen LogP contribution is -2.51. The van der Waals surface area contributed by atoms with Crippen LogP contribution in [0.15, 0.2) is 30.3 Å². The van der Waals surface area contributed by atoms with Crippen LogP contribution in [0.4, 0.5) is 0 Å². The van der Waals surface area contributed by atoms with Crippen LogP contribution in [0.5, 0.6) is 0 Å². The van der Waals surface area contributed by atoms with Crippen LogP contribution < -0.4 is 5.32 Å². The summed E-state index contributed by atoms with van der Waals surface area (Å²) in [5.74, 6) is 0.356. The van der Waals surface area contributed by atoms with Gasteiger partial charge >= 0.3 is 0 Å². The largest absolute Gasteiger partial charge is 0.356 e. The fraction of sp³-hybridized carbons (Fsp3) is 0.619. The van der Waals surface area contributed by atoms with Crippen molar-refractivity contribution < 1.29 is 9.59 Å². The smallest absolute Gasteiger partial charge is 0.225 e. The lowest BCUT2D eigenvalue weighted by molar-refractivity contribution is -0.139. The second kappa shape index (κ2) is 9.02. The molecule has 1 saturated carbocycles. The monoisotopic (exact) mass is 342 g/mol. The number of hydrogen-bond acceptors (Lipinski definition) is 2. The van der Waals surface area contributed by atoms with Crippen molar-refractivity contribution in [2.24, 2.45) is 5.92 Å². The Morgan fingerprint density at radius 3 is 2.68 bits per heavy atom. The Kier molecular flexibility index (Phi) is 6.48. The number of nitrogens with one attached hydrogen (secondary N) is 1. The molecule has 2 amide bonds. The molecule has 1 N–H and O–H groups in total. The van der Waals surface area contributed by atoms with Gasteiger partial charge in [0.1, 0.15) is 0 Å². The Hall–Kier alpha value is -1.84. The van der Waals surface area contributed by atoms with Crippen LogP contribution in [0.2, 0.25) is 0 Å². The first-order chi connectivity index (χ1) is 12.3. The summed E-state index contributed by atoms with van der Waals surface area (Å²) >= 11 is 0. The third-order valence-corrected chi connectivity index (χ3v) is 5.63. The van der Waals surface area contributed by atoms with E-state index in [4.69, 9.17) is 0 Å². The van der Waals surface area contributed by atoms with Gasteiger partial charge in [0.15, 0.2) is 0 Å². The van der Waals surface area contributed by atoms with E-state index in [0.717, 1.165) is 64.5 Å². The van der Waals surface area contributed by atoms with E-state index < -0.39 is 0 Å². The highest BCUT2D eigenvalue weighted by Crippen LogP contribution is 2.30. The molecule has 2 fully saturated rings. The van der Waals surface area contributed by atoms with Gasteiger partial charge in [-0.25, -0.2) is 0 Å². The van der Waals surface area contributed by atoms with Gasteiger partial charge in [-0.3, -0.25) is 9.59 Å². The van der Waals surface area contributed by atoms with Crippen LogP contribution in [-0.4, -0.2) is 35.8 Å². The molecule has 1 saturated heterocycles. The summed E-state index contributed by atoms with van der Waals surface area (Å²) in [4.78, 5) is 27.6. The number of carbonyl (C=O) groups is 2. The van der Waals surface area contributed by atoms with Crippen LogP contribution in [-0.2, 0) is 16.0 Å². The van der Waals surface area contributed by atoms with E-state index in [1.54, 1.807) is 0 Å². The number of carbonyl (C=O) groups excluding carboxylic acids is 2. The molecule has 4 nitrogen and oxygen atoms in total. The van der Waals surface area contributed by atoms with Gasteiger partial charge in [0.25, 0.3) is 0 Å². The van der Waals surface area contributed by atoms with Crippen LogP contribution in [0.25, 0.3) is 0 Å². The number of fused-ring (bicyclic) bond motifs is 1. The number of benzene rings is 1. The molecule has 1 aliphatic heterocycles. The Morgan fingerprint density at radius 2 is 1.84 bits per heavy atom. The fourth-order valence-corrected chi connectivity index (χ4v) is 4.23. The third-order valence-electron chi connectivity index (χ3n) is 5.63. The zero-order chi connectivity index (χ0) is 17.5. The lowest BCUT2D eigenvalue weighted by Gasteiger charge is -2.40. The van der Waals surface area contributed by atoms with Crippen molar-refractivity contribution in [3.63, 3.8) is 0 Å². The molecule has 0 radical (unpaired) electrons. The van der Waals surface area contributed by atoms with E-state index in [1.807, 2.05) is 18.2 Å². The normalized spacial score (nSPS) is 25.0. The maximum absolute atomic E-state index is 13.0. The quantitative estimate of drug-likeness (QED) is 0.916. The number of rotatable bonds is 3. The summed E-state index contributed by atoms with van der Waals surface area (Å²) in [6.45, 7) is 1.59. The minimum atomic E-state index is -0.0208. The van der Waals surface area contributed by atoms with Crippen LogP contribution in [0.3, 0.4) is 0 Å². The van der Waals surface area contributed by atoms with E-state index >= 15 is 0 Å². The van der Waals surface area contributed by atoms with E-state index in [-0.39, 0.29) is 23.8 Å². The molecule has 0 bridgehead atoms. The molecule has 25 heavy (non-hydrogen) atoms. The van der Waals surface area contributed by atoms with Crippen LogP contribution in [0, 0.1) is 5.92 Å². The second-order valence-corrected chi connectivity index (χ2v) is 7.38. The van der Waals surface area contributed by atoms with Gasteiger partial charge in [-0.05, 0) is 44.1 Å². The van der Waals surface area contributed by atoms with Crippen molar-refractivity contribution in [3.8, 4) is 0 Å². The van der Waals surface area contributed by atoms with Crippen LogP contribution >= 0.6 is 0 Å². The maximum atomic E-state index is 13.0. The van der Waals surface area contributed by atoms with Crippen LogP contribution in [0.1, 0.15) is 56.9 Å². The average Bonchev–Trinajstić information content (AvgIpc) is 2.66. The average molecular weight is 342 g/mol. The van der Waals surface area contributed by atoms with E-state index in [9.17, 15) is 9.59 Å². The van der Waals surface area contributed by atoms with Gasteiger partial charge in [0, 0.05) is 25.6 Å². The number of hydrogen-bond donors (Lipinski definition) is 1. The van der Waals surface area contributed by atoms with Crippen molar-refractivity contribution in [1.82, 2.24) is 10.2 Å². The first kappa shape index (κ1) is 18.0. The molecule has 2 atom stereocenters. The Balaban J connectivity index is 1.70. The van der Waals surface area contributed by atoms with Gasteiger partial charge in [-0.2, -0.15) is 0 Å². The molecule has 136 valence electrons. The van der Waals surface area contributed by atoms with Gasteiger partial charge < -0.3 is 10.2 Å². The van der Waals surface area contributed by atoms with E-state index in [2.05, 4.69) is 22.3 Å². The molecule has 0 spiro atoms. The van der Waals surface area contributed by atoms with Gasteiger partial charge in [0.05, 0.1) is 5.92 Å². The number of aryl methyl sites for hydroxylation is 1. The summed E-state index contributed by atoms with van der Waals surface area (Å²) in [6, 6.07) is 10.3. The van der Waals surface area contributed by atoms with E-state index in [1.165, 1.54) is 5.56 Å². The topological polar surface area (TPSA) is 49.4 Å². The molecular formula is C21H30N2O2. The van der Waals surface area contributed by atoms with Gasteiger partial charge in [-0.15, -0.1) is 0 Å². The van der Waals surface area contributed by atoms with Crippen molar-refractivity contribution >= 4 is 11.8 Å². The zero-order valence-corrected chi connectivity index (χ0v) is 15.1. The molecule has 2 aliphatic rings. The molecule has 1 heterocycles. The first-order valence-electron chi connectivity index (χ1n) is 9.87. The highest BCUT2D eigenvalue weighted by Gasteiger charge is 2.36. The predicted molar refractivity (Wildman–Crippen MR) is 99.1 cm³/mol. The molecule has 1 aromatic rings. The third kappa shape index (κ3) is 4.83. The highest BCUT2D eigenvalue weighted by atomic mass is 16.2. The minimum Gasteiger partial charge on any atom is -0.356 e. The molecular weight excluding hydrogens is 312 g/mol. The van der Waals surface area contributed by atoms with Crippen molar-refractivity contribution in [2.75, 3.05) is 13.1 Å². The predicted octanol–water partition coefficient (Wildman–Crippen LogP) is 3.31. The Labute approximate surface area is 151 Å². The molecule has 1 aromatic carbocycles. The first-order valence-corrected chi connectivity index (χ1v) is 9.87. The minimum absolute atomic E-state index is 0.0208. The lowest BCUT2D eigenvalue weighted by atomic mass is 9.82. The summed E-state index contributed by atoms with van der Waals surface area (Å²) in [7, 11) is 0.